The molecule has 0 spiro atoms. The number of hydrogen-bond acceptors (Lipinski definition) is 3. The molecular formula is C14H23NOS. The second-order valence-electron chi connectivity index (χ2n) is 4.24. The molecular weight excluding hydrogens is 230 g/mol. The van der Waals surface area contributed by atoms with Crippen molar-refractivity contribution < 1.29 is 4.74 Å². The molecule has 0 bridgehead atoms. The molecule has 1 aromatic rings. The van der Waals surface area contributed by atoms with Gasteiger partial charge in [0.15, 0.2) is 0 Å². The van der Waals surface area contributed by atoms with E-state index >= 15 is 0 Å². The highest BCUT2D eigenvalue weighted by Crippen LogP contribution is 2.34. The van der Waals surface area contributed by atoms with Crippen LogP contribution in [0.3, 0.4) is 0 Å². The molecule has 1 aromatic carbocycles. The van der Waals surface area contributed by atoms with Gasteiger partial charge in [0.2, 0.25) is 0 Å². The van der Waals surface area contributed by atoms with Gasteiger partial charge >= 0.3 is 0 Å². The lowest BCUT2D eigenvalue weighted by Crippen LogP contribution is -2.06. The van der Waals surface area contributed by atoms with Gasteiger partial charge in [-0.15, -0.1) is 11.8 Å². The van der Waals surface area contributed by atoms with Gasteiger partial charge in [0.1, 0.15) is 5.75 Å². The van der Waals surface area contributed by atoms with Crippen LogP contribution in [0.25, 0.3) is 0 Å². The average molecular weight is 253 g/mol. The summed E-state index contributed by atoms with van der Waals surface area (Å²) >= 11 is 1.80. The van der Waals surface area contributed by atoms with E-state index in [1.807, 2.05) is 0 Å². The van der Waals surface area contributed by atoms with Crippen LogP contribution < -0.4 is 10.5 Å². The van der Waals surface area contributed by atoms with Crippen molar-refractivity contribution in [3.05, 3.63) is 23.3 Å². The summed E-state index contributed by atoms with van der Waals surface area (Å²) in [6, 6.07) is 4.44. The molecule has 0 aliphatic rings. The summed E-state index contributed by atoms with van der Waals surface area (Å²) in [6.45, 7) is 5.12. The van der Waals surface area contributed by atoms with E-state index < -0.39 is 0 Å². The lowest BCUT2D eigenvalue weighted by molar-refractivity contribution is 0.408. The van der Waals surface area contributed by atoms with E-state index in [0.717, 1.165) is 25.1 Å². The number of nitrogens with two attached hydrogens (primary N) is 1. The van der Waals surface area contributed by atoms with Crippen molar-refractivity contribution in [1.82, 2.24) is 0 Å². The van der Waals surface area contributed by atoms with E-state index in [0.29, 0.717) is 5.92 Å². The van der Waals surface area contributed by atoms with Crippen LogP contribution in [0.5, 0.6) is 5.75 Å². The second-order valence-corrected chi connectivity index (χ2v) is 5.09. The minimum absolute atomic E-state index is 0.488. The fraction of sp³-hybridized carbons (Fsp3) is 0.571. The number of aryl methyl sites for hydroxylation is 1. The number of methoxy groups -OCH3 is 1. The third-order valence-corrected chi connectivity index (χ3v) is 3.94. The summed E-state index contributed by atoms with van der Waals surface area (Å²) in [6.07, 6.45) is 4.14. The van der Waals surface area contributed by atoms with Crippen molar-refractivity contribution in [1.29, 1.82) is 0 Å². The molecule has 0 aliphatic carbocycles. The first-order valence-electron chi connectivity index (χ1n) is 6.12. The van der Waals surface area contributed by atoms with Crippen LogP contribution in [0, 0.1) is 0 Å². The standard InChI is InChI=1S/C14H23NOS/c1-5-11-8-14(17-4)12(9-13(11)16-3)10(2)6-7-15/h8-10H,5-7,15H2,1-4H3. The zero-order valence-corrected chi connectivity index (χ0v) is 12.1. The van der Waals surface area contributed by atoms with Gasteiger partial charge in [-0.1, -0.05) is 13.8 Å². The van der Waals surface area contributed by atoms with E-state index in [2.05, 4.69) is 32.2 Å². The fourth-order valence-electron chi connectivity index (χ4n) is 2.05. The first kappa shape index (κ1) is 14.4. The molecule has 0 saturated carbocycles. The Morgan fingerprint density at radius 1 is 1.41 bits per heavy atom. The Labute approximate surface area is 109 Å². The summed E-state index contributed by atoms with van der Waals surface area (Å²) in [5, 5.41) is 0. The summed E-state index contributed by atoms with van der Waals surface area (Å²) in [5.41, 5.74) is 8.28. The van der Waals surface area contributed by atoms with Gasteiger partial charge in [0, 0.05) is 4.90 Å². The maximum Gasteiger partial charge on any atom is 0.122 e. The van der Waals surface area contributed by atoms with Crippen LogP contribution in [-0.2, 0) is 6.42 Å². The van der Waals surface area contributed by atoms with E-state index in [1.54, 1.807) is 18.9 Å². The zero-order chi connectivity index (χ0) is 12.8. The lowest BCUT2D eigenvalue weighted by Gasteiger charge is -2.18. The van der Waals surface area contributed by atoms with Crippen LogP contribution in [0.4, 0.5) is 0 Å². The Morgan fingerprint density at radius 2 is 2.12 bits per heavy atom. The third-order valence-electron chi connectivity index (χ3n) is 3.14. The first-order valence-corrected chi connectivity index (χ1v) is 7.35. The van der Waals surface area contributed by atoms with E-state index in [1.165, 1.54) is 16.0 Å². The van der Waals surface area contributed by atoms with Crippen molar-refractivity contribution in [2.24, 2.45) is 5.73 Å². The van der Waals surface area contributed by atoms with Gasteiger partial charge < -0.3 is 10.5 Å². The average Bonchev–Trinajstić information content (AvgIpc) is 2.37. The fourth-order valence-corrected chi connectivity index (χ4v) is 2.81. The number of thioether (sulfide) groups is 1. The maximum absolute atomic E-state index is 5.65. The first-order chi connectivity index (χ1) is 8.17. The maximum atomic E-state index is 5.65. The molecule has 0 aliphatic heterocycles. The van der Waals surface area contributed by atoms with Crippen LogP contribution in [0.15, 0.2) is 17.0 Å². The van der Waals surface area contributed by atoms with Crippen molar-refractivity contribution >= 4 is 11.8 Å². The number of ether oxygens (including phenoxy) is 1. The Hall–Kier alpha value is -0.670. The summed E-state index contributed by atoms with van der Waals surface area (Å²) in [5.74, 6) is 1.49. The third kappa shape index (κ3) is 3.39. The Bertz CT molecular complexity index is 365. The molecule has 2 N–H and O–H groups in total. The molecule has 96 valence electrons. The predicted molar refractivity (Wildman–Crippen MR) is 76.2 cm³/mol. The molecule has 2 nitrogen and oxygen atoms in total. The zero-order valence-electron chi connectivity index (χ0n) is 11.2. The molecule has 1 rings (SSSR count). The highest BCUT2D eigenvalue weighted by molar-refractivity contribution is 7.98. The van der Waals surface area contributed by atoms with Gasteiger partial charge in [0.05, 0.1) is 7.11 Å². The summed E-state index contributed by atoms with van der Waals surface area (Å²) in [7, 11) is 1.74. The summed E-state index contributed by atoms with van der Waals surface area (Å²) in [4.78, 5) is 1.35. The summed E-state index contributed by atoms with van der Waals surface area (Å²) < 4.78 is 5.46. The smallest absolute Gasteiger partial charge is 0.122 e. The van der Waals surface area contributed by atoms with Crippen LogP contribution in [0.1, 0.15) is 37.3 Å². The van der Waals surface area contributed by atoms with Gasteiger partial charge in [-0.25, -0.2) is 0 Å². The molecule has 17 heavy (non-hydrogen) atoms. The van der Waals surface area contributed by atoms with Gasteiger partial charge in [-0.2, -0.15) is 0 Å². The molecule has 0 amide bonds. The van der Waals surface area contributed by atoms with Gasteiger partial charge in [0.25, 0.3) is 0 Å². The number of benzene rings is 1. The minimum Gasteiger partial charge on any atom is -0.496 e. The topological polar surface area (TPSA) is 35.2 Å². The van der Waals surface area contributed by atoms with Gasteiger partial charge in [-0.3, -0.25) is 0 Å². The Morgan fingerprint density at radius 3 is 2.59 bits per heavy atom. The molecule has 0 heterocycles. The van der Waals surface area contributed by atoms with Crippen molar-refractivity contribution in [3.8, 4) is 5.75 Å². The van der Waals surface area contributed by atoms with E-state index in [9.17, 15) is 0 Å². The molecule has 3 heteroatoms. The van der Waals surface area contributed by atoms with Crippen molar-refractivity contribution in [3.63, 3.8) is 0 Å². The molecule has 0 aromatic heterocycles. The normalized spacial score (nSPS) is 12.5. The highest BCUT2D eigenvalue weighted by atomic mass is 32.2. The number of rotatable bonds is 6. The SMILES string of the molecule is CCc1cc(SC)c(C(C)CCN)cc1OC. The lowest BCUT2D eigenvalue weighted by atomic mass is 9.95. The van der Waals surface area contributed by atoms with Crippen LogP contribution >= 0.6 is 11.8 Å². The second kappa shape index (κ2) is 6.92. The van der Waals surface area contributed by atoms with Crippen molar-refractivity contribution in [2.45, 2.75) is 37.5 Å². The number of hydrogen-bond donors (Lipinski definition) is 1. The van der Waals surface area contributed by atoms with Crippen LogP contribution in [-0.4, -0.2) is 19.9 Å². The van der Waals surface area contributed by atoms with E-state index in [-0.39, 0.29) is 0 Å². The Kier molecular flexibility index (Phi) is 5.86. The molecule has 1 unspecified atom stereocenters. The highest BCUT2D eigenvalue weighted by Gasteiger charge is 2.14. The quantitative estimate of drug-likeness (QED) is 0.789. The Balaban J connectivity index is 3.18. The predicted octanol–water partition coefficient (Wildman–Crippen LogP) is 3.43. The van der Waals surface area contributed by atoms with Crippen LogP contribution in [0.2, 0.25) is 0 Å². The van der Waals surface area contributed by atoms with E-state index in [4.69, 9.17) is 10.5 Å². The monoisotopic (exact) mass is 253 g/mol. The molecule has 0 radical (unpaired) electrons. The molecule has 0 saturated heterocycles. The molecule has 1 atom stereocenters. The minimum atomic E-state index is 0.488. The molecule has 0 fully saturated rings. The van der Waals surface area contributed by atoms with Gasteiger partial charge in [-0.05, 0) is 54.8 Å². The largest absolute Gasteiger partial charge is 0.496 e. The van der Waals surface area contributed by atoms with Crippen molar-refractivity contribution in [2.75, 3.05) is 19.9 Å².